The highest BCUT2D eigenvalue weighted by Gasteiger charge is 2.39. The Morgan fingerprint density at radius 2 is 1.95 bits per heavy atom. The van der Waals surface area contributed by atoms with Crippen LogP contribution >= 0.6 is 11.6 Å². The highest BCUT2D eigenvalue weighted by molar-refractivity contribution is 6.31. The van der Waals surface area contributed by atoms with Crippen LogP contribution in [0.2, 0.25) is 5.02 Å². The van der Waals surface area contributed by atoms with Gasteiger partial charge in [-0.1, -0.05) is 11.6 Å². The summed E-state index contributed by atoms with van der Waals surface area (Å²) in [6.07, 6.45) is 3.03. The molecule has 1 saturated carbocycles. The smallest absolute Gasteiger partial charge is 0.162 e. The van der Waals surface area contributed by atoms with Crippen LogP contribution in [0.5, 0.6) is 11.5 Å². The summed E-state index contributed by atoms with van der Waals surface area (Å²) in [5, 5.41) is 11.0. The Kier molecular flexibility index (Phi) is 3.80. The molecule has 0 bridgehead atoms. The number of fused-ring (bicyclic) bond motifs is 1. The second-order valence-corrected chi connectivity index (χ2v) is 5.89. The van der Waals surface area contributed by atoms with Crippen LogP contribution in [0.25, 0.3) is 0 Å². The van der Waals surface area contributed by atoms with Crippen LogP contribution in [0.1, 0.15) is 37.4 Å². The minimum Gasteiger partial charge on any atom is -0.486 e. The molecule has 0 saturated heterocycles. The second kappa shape index (κ2) is 5.43. The van der Waals surface area contributed by atoms with Crippen LogP contribution in [0.4, 0.5) is 0 Å². The van der Waals surface area contributed by atoms with Crippen molar-refractivity contribution in [3.8, 4) is 11.5 Å². The van der Waals surface area contributed by atoms with Crippen molar-refractivity contribution in [1.29, 1.82) is 0 Å². The molecule has 1 fully saturated rings. The van der Waals surface area contributed by atoms with E-state index < -0.39 is 6.10 Å². The maximum absolute atomic E-state index is 10.5. The molecule has 1 N–H and O–H groups in total. The maximum atomic E-state index is 10.5. The molecular weight excluding hydrogens is 280 g/mol. The van der Waals surface area contributed by atoms with E-state index >= 15 is 0 Å². The van der Waals surface area contributed by atoms with E-state index in [-0.39, 0.29) is 5.60 Å². The topological polar surface area (TPSA) is 47.9 Å². The molecular formula is C15H19ClO4. The summed E-state index contributed by atoms with van der Waals surface area (Å²) in [6, 6.07) is 3.50. The Balaban J connectivity index is 1.82. The van der Waals surface area contributed by atoms with Crippen LogP contribution in [0, 0.1) is 0 Å². The lowest BCUT2D eigenvalue weighted by Crippen LogP contribution is -2.40. The first-order chi connectivity index (χ1) is 9.63. The highest BCUT2D eigenvalue weighted by atomic mass is 35.5. The lowest BCUT2D eigenvalue weighted by Gasteiger charge is -2.42. The first-order valence-corrected chi connectivity index (χ1v) is 7.34. The lowest BCUT2D eigenvalue weighted by molar-refractivity contribution is -0.0999. The molecule has 20 heavy (non-hydrogen) atoms. The first kappa shape index (κ1) is 14.0. The standard InChI is InChI=1S/C15H19ClO4/c1-18-15(3-2-4-15)9-12(17)10-7-13-14(8-11(10)16)20-6-5-19-13/h7-8,12,17H,2-6,9H2,1H3. The quantitative estimate of drug-likeness (QED) is 0.928. The summed E-state index contributed by atoms with van der Waals surface area (Å²) < 4.78 is 16.6. The van der Waals surface area contributed by atoms with Crippen LogP contribution in [-0.2, 0) is 4.74 Å². The van der Waals surface area contributed by atoms with Gasteiger partial charge in [0.05, 0.1) is 16.7 Å². The van der Waals surface area contributed by atoms with Crippen molar-refractivity contribution in [2.75, 3.05) is 20.3 Å². The van der Waals surface area contributed by atoms with Gasteiger partial charge in [0.15, 0.2) is 11.5 Å². The highest BCUT2D eigenvalue weighted by Crippen LogP contribution is 2.44. The molecule has 110 valence electrons. The van der Waals surface area contributed by atoms with Gasteiger partial charge in [0, 0.05) is 25.2 Å². The number of methoxy groups -OCH3 is 1. The van der Waals surface area contributed by atoms with E-state index in [9.17, 15) is 5.11 Å². The normalized spacial score (nSPS) is 21.1. The van der Waals surface area contributed by atoms with Crippen LogP contribution < -0.4 is 9.47 Å². The molecule has 1 unspecified atom stereocenters. The van der Waals surface area contributed by atoms with E-state index in [0.29, 0.717) is 41.7 Å². The van der Waals surface area contributed by atoms with E-state index in [0.717, 1.165) is 19.3 Å². The Labute approximate surface area is 123 Å². The fourth-order valence-electron chi connectivity index (χ4n) is 2.86. The third kappa shape index (κ3) is 2.48. The Bertz CT molecular complexity index is 493. The molecule has 0 radical (unpaired) electrons. The summed E-state index contributed by atoms with van der Waals surface area (Å²) in [5.74, 6) is 1.29. The number of halogens is 1. The molecule has 1 aliphatic carbocycles. The van der Waals surface area contributed by atoms with Gasteiger partial charge >= 0.3 is 0 Å². The van der Waals surface area contributed by atoms with Crippen LogP contribution in [0.15, 0.2) is 12.1 Å². The summed E-state index contributed by atoms with van der Waals surface area (Å²) in [6.45, 7) is 1.05. The summed E-state index contributed by atoms with van der Waals surface area (Å²) in [7, 11) is 1.71. The minimum absolute atomic E-state index is 0.198. The largest absolute Gasteiger partial charge is 0.486 e. The number of aliphatic hydroxyl groups excluding tert-OH is 1. The number of hydrogen-bond donors (Lipinski definition) is 1. The van der Waals surface area contributed by atoms with Crippen molar-refractivity contribution in [3.05, 3.63) is 22.7 Å². The van der Waals surface area contributed by atoms with Gasteiger partial charge in [-0.05, 0) is 25.3 Å². The van der Waals surface area contributed by atoms with Gasteiger partial charge in [-0.3, -0.25) is 0 Å². The zero-order chi connectivity index (χ0) is 14.2. The summed E-state index contributed by atoms with van der Waals surface area (Å²) in [4.78, 5) is 0. The van der Waals surface area contributed by atoms with Crippen LogP contribution in [0.3, 0.4) is 0 Å². The first-order valence-electron chi connectivity index (χ1n) is 6.96. The van der Waals surface area contributed by atoms with Gasteiger partial charge in [-0.2, -0.15) is 0 Å². The van der Waals surface area contributed by atoms with Crippen LogP contribution in [-0.4, -0.2) is 31.0 Å². The van der Waals surface area contributed by atoms with E-state index in [1.165, 1.54) is 0 Å². The third-order valence-electron chi connectivity index (χ3n) is 4.28. The van der Waals surface area contributed by atoms with Gasteiger partial charge in [0.2, 0.25) is 0 Å². The Hall–Kier alpha value is -0.970. The minimum atomic E-state index is -0.654. The average molecular weight is 299 g/mol. The summed E-state index contributed by atoms with van der Waals surface area (Å²) in [5.41, 5.74) is 0.481. The van der Waals surface area contributed by atoms with Gasteiger partial charge in [0.25, 0.3) is 0 Å². The molecule has 1 aromatic rings. The molecule has 3 rings (SSSR count). The molecule has 1 heterocycles. The van der Waals surface area contributed by atoms with Crippen molar-refractivity contribution in [1.82, 2.24) is 0 Å². The van der Waals surface area contributed by atoms with Gasteiger partial charge in [-0.15, -0.1) is 0 Å². The number of benzene rings is 1. The van der Waals surface area contributed by atoms with E-state index in [4.69, 9.17) is 25.8 Å². The van der Waals surface area contributed by atoms with Crippen molar-refractivity contribution in [2.45, 2.75) is 37.4 Å². The maximum Gasteiger partial charge on any atom is 0.162 e. The zero-order valence-corrected chi connectivity index (χ0v) is 12.3. The number of ether oxygens (including phenoxy) is 3. The molecule has 0 spiro atoms. The van der Waals surface area contributed by atoms with E-state index in [2.05, 4.69) is 0 Å². The Morgan fingerprint density at radius 3 is 2.50 bits per heavy atom. The zero-order valence-electron chi connectivity index (χ0n) is 11.5. The van der Waals surface area contributed by atoms with Crippen molar-refractivity contribution < 1.29 is 19.3 Å². The number of hydrogen-bond acceptors (Lipinski definition) is 4. The fourth-order valence-corrected chi connectivity index (χ4v) is 3.14. The molecule has 1 aliphatic heterocycles. The predicted octanol–water partition coefficient (Wildman–Crippen LogP) is 3.10. The fraction of sp³-hybridized carbons (Fsp3) is 0.600. The van der Waals surface area contributed by atoms with Gasteiger partial charge < -0.3 is 19.3 Å². The SMILES string of the molecule is COC1(CC(O)c2cc3c(cc2Cl)OCCO3)CCC1. The Morgan fingerprint density at radius 1 is 1.30 bits per heavy atom. The monoisotopic (exact) mass is 298 g/mol. The predicted molar refractivity (Wildman–Crippen MR) is 75.6 cm³/mol. The molecule has 4 nitrogen and oxygen atoms in total. The van der Waals surface area contributed by atoms with Gasteiger partial charge in [0.1, 0.15) is 13.2 Å². The van der Waals surface area contributed by atoms with E-state index in [1.54, 1.807) is 19.2 Å². The van der Waals surface area contributed by atoms with Crippen molar-refractivity contribution in [3.63, 3.8) is 0 Å². The number of aliphatic hydroxyl groups is 1. The molecule has 1 atom stereocenters. The average Bonchev–Trinajstić information content (AvgIpc) is 2.42. The molecule has 0 aromatic heterocycles. The second-order valence-electron chi connectivity index (χ2n) is 5.48. The lowest BCUT2D eigenvalue weighted by atomic mass is 9.75. The number of rotatable bonds is 4. The van der Waals surface area contributed by atoms with Gasteiger partial charge in [-0.25, -0.2) is 0 Å². The molecule has 5 heteroatoms. The van der Waals surface area contributed by atoms with E-state index in [1.807, 2.05) is 0 Å². The summed E-state index contributed by atoms with van der Waals surface area (Å²) >= 11 is 6.25. The molecule has 2 aliphatic rings. The third-order valence-corrected chi connectivity index (χ3v) is 4.61. The molecule has 1 aromatic carbocycles. The molecule has 0 amide bonds. The van der Waals surface area contributed by atoms with Crippen molar-refractivity contribution >= 4 is 11.6 Å². The van der Waals surface area contributed by atoms with Crippen molar-refractivity contribution in [2.24, 2.45) is 0 Å².